The summed E-state index contributed by atoms with van der Waals surface area (Å²) in [6.07, 6.45) is 3.81. The molecule has 6 heteroatoms. The summed E-state index contributed by atoms with van der Waals surface area (Å²) in [6, 6.07) is 11.2. The molecule has 0 aliphatic carbocycles. The van der Waals surface area contributed by atoms with Gasteiger partial charge in [-0.25, -0.2) is 0 Å². The van der Waals surface area contributed by atoms with Crippen molar-refractivity contribution in [1.82, 2.24) is 15.5 Å². The van der Waals surface area contributed by atoms with Crippen LogP contribution in [-0.4, -0.2) is 42.4 Å². The molecule has 1 aromatic heterocycles. The minimum Gasteiger partial charge on any atom is -0.459 e. The van der Waals surface area contributed by atoms with Crippen molar-refractivity contribution in [3.63, 3.8) is 0 Å². The highest BCUT2D eigenvalue weighted by Gasteiger charge is 2.25. The molecule has 3 rings (SSSR count). The zero-order valence-electron chi connectivity index (χ0n) is 15.9. The van der Waals surface area contributed by atoms with Gasteiger partial charge in [-0.2, -0.15) is 0 Å². The lowest BCUT2D eigenvalue weighted by Crippen LogP contribution is -2.47. The van der Waals surface area contributed by atoms with Crippen molar-refractivity contribution in [3.8, 4) is 0 Å². The molecule has 1 fully saturated rings. The maximum Gasteiger partial charge on any atom is 0.287 e. The van der Waals surface area contributed by atoms with E-state index in [-0.39, 0.29) is 17.7 Å². The molecule has 1 aliphatic heterocycles. The molecule has 0 saturated carbocycles. The van der Waals surface area contributed by atoms with Gasteiger partial charge in [-0.1, -0.05) is 29.8 Å². The normalized spacial score (nSPS) is 16.7. The Hall–Kier alpha value is -2.60. The van der Waals surface area contributed by atoms with Gasteiger partial charge in [0.2, 0.25) is 5.91 Å². The Labute approximate surface area is 159 Å². The number of aryl methyl sites for hydroxylation is 1. The van der Waals surface area contributed by atoms with Crippen LogP contribution in [0.1, 0.15) is 47.5 Å². The number of rotatable bonds is 7. The first kappa shape index (κ1) is 19.2. The molecule has 1 aromatic carbocycles. The van der Waals surface area contributed by atoms with Crippen molar-refractivity contribution < 1.29 is 14.0 Å². The fraction of sp³-hybridized carbons (Fsp3) is 0.429. The highest BCUT2D eigenvalue weighted by Crippen LogP contribution is 2.24. The van der Waals surface area contributed by atoms with Crippen LogP contribution in [0.2, 0.25) is 0 Å². The van der Waals surface area contributed by atoms with Crippen molar-refractivity contribution in [2.24, 2.45) is 0 Å². The first-order chi connectivity index (χ1) is 13.0. The molecule has 144 valence electrons. The fourth-order valence-electron chi connectivity index (χ4n) is 3.39. The van der Waals surface area contributed by atoms with E-state index in [1.807, 2.05) is 0 Å². The van der Waals surface area contributed by atoms with Crippen molar-refractivity contribution >= 4 is 11.8 Å². The quantitative estimate of drug-likeness (QED) is 0.787. The average Bonchev–Trinajstić information content (AvgIpc) is 3.37. The van der Waals surface area contributed by atoms with Crippen molar-refractivity contribution in [1.29, 1.82) is 0 Å². The number of hydrogen-bond acceptors (Lipinski definition) is 4. The predicted molar refractivity (Wildman–Crippen MR) is 103 cm³/mol. The van der Waals surface area contributed by atoms with Gasteiger partial charge < -0.3 is 15.1 Å². The molecule has 0 spiro atoms. The molecule has 2 heterocycles. The smallest absolute Gasteiger partial charge is 0.287 e. The third kappa shape index (κ3) is 4.98. The Morgan fingerprint density at radius 1 is 1.15 bits per heavy atom. The highest BCUT2D eigenvalue weighted by atomic mass is 16.3. The van der Waals surface area contributed by atoms with Crippen LogP contribution in [0.4, 0.5) is 0 Å². The largest absolute Gasteiger partial charge is 0.459 e. The lowest BCUT2D eigenvalue weighted by atomic mass is 10.0. The van der Waals surface area contributed by atoms with Gasteiger partial charge in [-0.05, 0) is 57.5 Å². The van der Waals surface area contributed by atoms with Gasteiger partial charge >= 0.3 is 0 Å². The lowest BCUT2D eigenvalue weighted by Gasteiger charge is -2.29. The van der Waals surface area contributed by atoms with Gasteiger partial charge in [0.05, 0.1) is 12.3 Å². The van der Waals surface area contributed by atoms with Crippen LogP contribution in [0.5, 0.6) is 0 Å². The lowest BCUT2D eigenvalue weighted by molar-refractivity contribution is -0.122. The Bertz CT molecular complexity index is 749. The summed E-state index contributed by atoms with van der Waals surface area (Å²) in [6.45, 7) is 6.34. The van der Waals surface area contributed by atoms with E-state index in [1.165, 1.54) is 30.2 Å². The number of hydrogen-bond donors (Lipinski definition) is 2. The van der Waals surface area contributed by atoms with Crippen LogP contribution < -0.4 is 10.6 Å². The van der Waals surface area contributed by atoms with Gasteiger partial charge in [0, 0.05) is 6.54 Å². The van der Waals surface area contributed by atoms with Crippen LogP contribution in [0.15, 0.2) is 47.1 Å². The second-order valence-electron chi connectivity index (χ2n) is 7.09. The minimum atomic E-state index is -0.639. The molecular formula is C21H27N3O3. The average molecular weight is 369 g/mol. The first-order valence-corrected chi connectivity index (χ1v) is 9.47. The molecule has 0 unspecified atom stereocenters. The number of carbonyl (C=O) groups is 2. The zero-order chi connectivity index (χ0) is 19.2. The fourth-order valence-corrected chi connectivity index (χ4v) is 3.39. The number of likely N-dealkylation sites (tertiary alicyclic amines) is 1. The molecule has 2 amide bonds. The third-order valence-corrected chi connectivity index (χ3v) is 5.00. The van der Waals surface area contributed by atoms with Gasteiger partial charge in [0.25, 0.3) is 5.91 Å². The molecular weight excluding hydrogens is 342 g/mol. The van der Waals surface area contributed by atoms with E-state index >= 15 is 0 Å². The highest BCUT2D eigenvalue weighted by molar-refractivity contribution is 5.95. The Morgan fingerprint density at radius 2 is 1.85 bits per heavy atom. The summed E-state index contributed by atoms with van der Waals surface area (Å²) < 4.78 is 5.06. The molecule has 1 aliphatic rings. The summed E-state index contributed by atoms with van der Waals surface area (Å²) in [7, 11) is 0. The molecule has 1 saturated heterocycles. The molecule has 27 heavy (non-hydrogen) atoms. The van der Waals surface area contributed by atoms with Gasteiger partial charge in [-0.3, -0.25) is 14.5 Å². The molecule has 0 bridgehead atoms. The maximum atomic E-state index is 12.5. The van der Waals surface area contributed by atoms with Crippen molar-refractivity contribution in [2.45, 2.75) is 38.8 Å². The Morgan fingerprint density at radius 3 is 2.48 bits per heavy atom. The van der Waals surface area contributed by atoms with Crippen LogP contribution in [0.3, 0.4) is 0 Å². The topological polar surface area (TPSA) is 74.6 Å². The summed E-state index contributed by atoms with van der Waals surface area (Å²) in [5, 5.41) is 5.66. The summed E-state index contributed by atoms with van der Waals surface area (Å²) in [4.78, 5) is 26.9. The van der Waals surface area contributed by atoms with E-state index < -0.39 is 11.9 Å². The van der Waals surface area contributed by atoms with E-state index in [0.29, 0.717) is 6.54 Å². The van der Waals surface area contributed by atoms with Gasteiger partial charge in [-0.15, -0.1) is 0 Å². The predicted octanol–water partition coefficient (Wildman–Crippen LogP) is 2.66. The molecule has 2 aromatic rings. The molecule has 6 nitrogen and oxygen atoms in total. The van der Waals surface area contributed by atoms with Crippen LogP contribution in [-0.2, 0) is 4.79 Å². The van der Waals surface area contributed by atoms with Crippen LogP contribution in [0, 0.1) is 6.92 Å². The monoisotopic (exact) mass is 369 g/mol. The van der Waals surface area contributed by atoms with Gasteiger partial charge in [0.1, 0.15) is 6.04 Å². The Kier molecular flexibility index (Phi) is 6.29. The zero-order valence-corrected chi connectivity index (χ0v) is 15.9. The number of carbonyl (C=O) groups excluding carboxylic acids is 2. The summed E-state index contributed by atoms with van der Waals surface area (Å²) in [5.74, 6) is -0.396. The number of furan rings is 1. The second kappa shape index (κ2) is 8.86. The van der Waals surface area contributed by atoms with E-state index in [2.05, 4.69) is 46.7 Å². The molecule has 0 radical (unpaired) electrons. The van der Waals surface area contributed by atoms with E-state index in [0.717, 1.165) is 13.1 Å². The summed E-state index contributed by atoms with van der Waals surface area (Å²) in [5.41, 5.74) is 2.42. The SMILES string of the molecule is Cc1ccc([C@H](CNC(=O)[C@H](C)NC(=O)c2ccco2)N2CCCC2)cc1. The van der Waals surface area contributed by atoms with E-state index in [9.17, 15) is 9.59 Å². The number of amides is 2. The first-order valence-electron chi connectivity index (χ1n) is 9.47. The van der Waals surface area contributed by atoms with Crippen molar-refractivity contribution in [3.05, 3.63) is 59.5 Å². The maximum absolute atomic E-state index is 12.5. The third-order valence-electron chi connectivity index (χ3n) is 5.00. The number of benzene rings is 1. The van der Waals surface area contributed by atoms with Crippen molar-refractivity contribution in [2.75, 3.05) is 19.6 Å². The van der Waals surface area contributed by atoms with E-state index in [4.69, 9.17) is 4.42 Å². The number of nitrogens with one attached hydrogen (secondary N) is 2. The minimum absolute atomic E-state index is 0.144. The van der Waals surface area contributed by atoms with Crippen LogP contribution in [0.25, 0.3) is 0 Å². The van der Waals surface area contributed by atoms with Gasteiger partial charge in [0.15, 0.2) is 5.76 Å². The van der Waals surface area contributed by atoms with E-state index in [1.54, 1.807) is 19.1 Å². The molecule has 2 atom stereocenters. The molecule has 2 N–H and O–H groups in total. The standard InChI is InChI=1S/C21H27N3O3/c1-15-7-9-17(10-8-15)18(24-11-3-4-12-24)14-22-20(25)16(2)23-21(26)19-6-5-13-27-19/h5-10,13,16,18H,3-4,11-12,14H2,1-2H3,(H,22,25)(H,23,26)/t16-,18-/m0/s1. The Balaban J connectivity index is 1.59. The number of nitrogens with zero attached hydrogens (tertiary/aromatic N) is 1. The second-order valence-corrected chi connectivity index (χ2v) is 7.09. The van der Waals surface area contributed by atoms with Crippen LogP contribution >= 0.6 is 0 Å². The summed E-state index contributed by atoms with van der Waals surface area (Å²) >= 11 is 0.